The third-order valence-electron chi connectivity index (χ3n) is 3.17. The van der Waals surface area contributed by atoms with Crippen LogP contribution in [0.25, 0.3) is 0 Å². The SMILES string of the molecule is Cc1nnc(OCC2CNCC(C)O2)c(C#N)c1C. The number of hydrogen-bond acceptors (Lipinski definition) is 6. The summed E-state index contributed by atoms with van der Waals surface area (Å²) in [4.78, 5) is 0. The molecule has 2 atom stereocenters. The average Bonchev–Trinajstić information content (AvgIpc) is 2.40. The molecular weight excluding hydrogens is 244 g/mol. The van der Waals surface area contributed by atoms with Gasteiger partial charge in [-0.2, -0.15) is 10.4 Å². The van der Waals surface area contributed by atoms with Crippen molar-refractivity contribution >= 4 is 0 Å². The van der Waals surface area contributed by atoms with Crippen molar-refractivity contribution in [2.75, 3.05) is 19.7 Å². The van der Waals surface area contributed by atoms with Gasteiger partial charge < -0.3 is 14.8 Å². The predicted octanol–water partition coefficient (Wildman–Crippen LogP) is 0.721. The van der Waals surface area contributed by atoms with Crippen LogP contribution >= 0.6 is 0 Å². The Kier molecular flexibility index (Phi) is 4.30. The van der Waals surface area contributed by atoms with Gasteiger partial charge >= 0.3 is 0 Å². The van der Waals surface area contributed by atoms with E-state index in [-0.39, 0.29) is 18.1 Å². The summed E-state index contributed by atoms with van der Waals surface area (Å²) >= 11 is 0. The number of nitrogens with one attached hydrogen (secondary N) is 1. The normalized spacial score (nSPS) is 22.8. The van der Waals surface area contributed by atoms with Gasteiger partial charge in [-0.05, 0) is 26.3 Å². The van der Waals surface area contributed by atoms with Gasteiger partial charge in [0, 0.05) is 13.1 Å². The van der Waals surface area contributed by atoms with Crippen LogP contribution in [-0.2, 0) is 4.74 Å². The number of nitriles is 1. The summed E-state index contributed by atoms with van der Waals surface area (Å²) in [5.74, 6) is 0.285. The number of nitrogens with zero attached hydrogens (tertiary/aromatic N) is 3. The molecule has 0 bridgehead atoms. The van der Waals surface area contributed by atoms with Gasteiger partial charge in [-0.15, -0.1) is 5.10 Å². The van der Waals surface area contributed by atoms with Gasteiger partial charge in [0.05, 0.1) is 11.8 Å². The van der Waals surface area contributed by atoms with Crippen LogP contribution in [0.15, 0.2) is 0 Å². The molecule has 1 fully saturated rings. The molecule has 1 N–H and O–H groups in total. The molecule has 0 aliphatic carbocycles. The third kappa shape index (κ3) is 3.19. The summed E-state index contributed by atoms with van der Waals surface area (Å²) in [6, 6.07) is 2.12. The minimum absolute atomic E-state index is 0.0290. The smallest absolute Gasteiger partial charge is 0.251 e. The van der Waals surface area contributed by atoms with Crippen LogP contribution in [0.5, 0.6) is 5.88 Å². The molecular formula is C13H18N4O2. The molecule has 6 heteroatoms. The molecule has 0 aromatic carbocycles. The number of aromatic nitrogens is 2. The highest BCUT2D eigenvalue weighted by molar-refractivity contribution is 5.44. The second-order valence-corrected chi connectivity index (χ2v) is 4.74. The lowest BCUT2D eigenvalue weighted by Crippen LogP contribution is -2.46. The van der Waals surface area contributed by atoms with E-state index in [1.807, 2.05) is 20.8 Å². The molecule has 0 radical (unpaired) electrons. The Hall–Kier alpha value is -1.71. The van der Waals surface area contributed by atoms with Crippen molar-refractivity contribution in [2.24, 2.45) is 0 Å². The van der Waals surface area contributed by atoms with E-state index < -0.39 is 0 Å². The largest absolute Gasteiger partial charge is 0.473 e. The van der Waals surface area contributed by atoms with Crippen molar-refractivity contribution in [3.8, 4) is 11.9 Å². The molecule has 2 heterocycles. The Labute approximate surface area is 112 Å². The summed E-state index contributed by atoms with van der Waals surface area (Å²) < 4.78 is 11.3. The summed E-state index contributed by atoms with van der Waals surface area (Å²) in [7, 11) is 0. The van der Waals surface area contributed by atoms with Crippen LogP contribution in [0.1, 0.15) is 23.7 Å². The number of ether oxygens (including phenoxy) is 2. The Balaban J connectivity index is 2.04. The van der Waals surface area contributed by atoms with E-state index in [4.69, 9.17) is 14.7 Å². The molecule has 1 aromatic rings. The van der Waals surface area contributed by atoms with E-state index in [9.17, 15) is 0 Å². The zero-order valence-corrected chi connectivity index (χ0v) is 11.4. The zero-order valence-electron chi connectivity index (χ0n) is 11.4. The first-order chi connectivity index (χ1) is 9.11. The maximum Gasteiger partial charge on any atom is 0.251 e. The molecule has 0 spiro atoms. The molecule has 1 aromatic heterocycles. The molecule has 102 valence electrons. The monoisotopic (exact) mass is 262 g/mol. The topological polar surface area (TPSA) is 80.1 Å². The Morgan fingerprint density at radius 3 is 2.89 bits per heavy atom. The van der Waals surface area contributed by atoms with Crippen molar-refractivity contribution in [1.82, 2.24) is 15.5 Å². The van der Waals surface area contributed by atoms with Crippen LogP contribution < -0.4 is 10.1 Å². The first-order valence-electron chi connectivity index (χ1n) is 6.34. The van der Waals surface area contributed by atoms with Gasteiger partial charge in [0.1, 0.15) is 24.3 Å². The highest BCUT2D eigenvalue weighted by atomic mass is 16.5. The number of rotatable bonds is 3. The van der Waals surface area contributed by atoms with E-state index in [1.165, 1.54) is 0 Å². The first-order valence-corrected chi connectivity index (χ1v) is 6.34. The van der Waals surface area contributed by atoms with E-state index in [0.29, 0.717) is 12.2 Å². The van der Waals surface area contributed by atoms with Crippen LogP contribution in [0.2, 0.25) is 0 Å². The minimum Gasteiger partial charge on any atom is -0.473 e. The minimum atomic E-state index is -0.0290. The molecule has 6 nitrogen and oxygen atoms in total. The molecule has 2 unspecified atom stereocenters. The number of aryl methyl sites for hydroxylation is 1. The summed E-state index contributed by atoms with van der Waals surface area (Å²) in [6.45, 7) is 7.63. The maximum absolute atomic E-state index is 9.16. The summed E-state index contributed by atoms with van der Waals surface area (Å²) in [6.07, 6.45) is 0.141. The molecule has 0 saturated carbocycles. The molecule has 1 aliphatic rings. The summed E-state index contributed by atoms with van der Waals surface area (Å²) in [5, 5.41) is 20.4. The van der Waals surface area contributed by atoms with Crippen LogP contribution in [-0.4, -0.2) is 42.1 Å². The van der Waals surface area contributed by atoms with Crippen molar-refractivity contribution in [1.29, 1.82) is 5.26 Å². The van der Waals surface area contributed by atoms with Crippen LogP contribution in [0, 0.1) is 25.2 Å². The third-order valence-corrected chi connectivity index (χ3v) is 3.17. The first kappa shape index (κ1) is 13.7. The Morgan fingerprint density at radius 2 is 2.21 bits per heavy atom. The van der Waals surface area contributed by atoms with Crippen LogP contribution in [0.3, 0.4) is 0 Å². The van der Waals surface area contributed by atoms with E-state index in [2.05, 4.69) is 21.6 Å². The lowest BCUT2D eigenvalue weighted by Gasteiger charge is -2.28. The predicted molar refractivity (Wildman–Crippen MR) is 68.9 cm³/mol. The van der Waals surface area contributed by atoms with Gasteiger partial charge in [-0.3, -0.25) is 0 Å². The highest BCUT2D eigenvalue weighted by Gasteiger charge is 2.20. The molecule has 19 heavy (non-hydrogen) atoms. The fourth-order valence-electron chi connectivity index (χ4n) is 1.96. The molecule has 1 aliphatic heterocycles. The second-order valence-electron chi connectivity index (χ2n) is 4.74. The van der Waals surface area contributed by atoms with Crippen molar-refractivity contribution in [3.05, 3.63) is 16.8 Å². The standard InChI is InChI=1S/C13H18N4O2/c1-8-5-15-6-11(19-8)7-18-13-12(4-14)9(2)10(3)16-17-13/h8,11,15H,5-7H2,1-3H3. The van der Waals surface area contributed by atoms with E-state index >= 15 is 0 Å². The van der Waals surface area contributed by atoms with E-state index in [0.717, 1.165) is 24.3 Å². The quantitative estimate of drug-likeness (QED) is 0.864. The lowest BCUT2D eigenvalue weighted by atomic mass is 10.1. The second kappa shape index (κ2) is 5.95. The van der Waals surface area contributed by atoms with Crippen LogP contribution in [0.4, 0.5) is 0 Å². The summed E-state index contributed by atoms with van der Waals surface area (Å²) in [5.41, 5.74) is 2.00. The molecule has 0 amide bonds. The average molecular weight is 262 g/mol. The maximum atomic E-state index is 9.16. The number of hydrogen-bond donors (Lipinski definition) is 1. The van der Waals surface area contributed by atoms with Crippen molar-refractivity contribution in [3.63, 3.8) is 0 Å². The Bertz CT molecular complexity index is 498. The fourth-order valence-corrected chi connectivity index (χ4v) is 1.96. The van der Waals surface area contributed by atoms with Crippen molar-refractivity contribution in [2.45, 2.75) is 33.0 Å². The van der Waals surface area contributed by atoms with E-state index in [1.54, 1.807) is 0 Å². The highest BCUT2D eigenvalue weighted by Crippen LogP contribution is 2.19. The zero-order chi connectivity index (χ0) is 13.8. The van der Waals surface area contributed by atoms with Gasteiger partial charge in [0.15, 0.2) is 0 Å². The van der Waals surface area contributed by atoms with Gasteiger partial charge in [0.25, 0.3) is 5.88 Å². The fraction of sp³-hybridized carbons (Fsp3) is 0.615. The molecule has 2 rings (SSSR count). The van der Waals surface area contributed by atoms with Crippen molar-refractivity contribution < 1.29 is 9.47 Å². The van der Waals surface area contributed by atoms with Gasteiger partial charge in [0.2, 0.25) is 0 Å². The number of morpholine rings is 1. The van der Waals surface area contributed by atoms with Gasteiger partial charge in [-0.1, -0.05) is 0 Å². The van der Waals surface area contributed by atoms with Gasteiger partial charge in [-0.25, -0.2) is 0 Å². The lowest BCUT2D eigenvalue weighted by molar-refractivity contribution is -0.0478. The Morgan fingerprint density at radius 1 is 1.42 bits per heavy atom. The molecule has 1 saturated heterocycles.